The van der Waals surface area contributed by atoms with Crippen LogP contribution in [-0.4, -0.2) is 11.8 Å². The molecule has 0 atom stereocenters. The smallest absolute Gasteiger partial charge is 0.0792 e. The van der Waals surface area contributed by atoms with Crippen molar-refractivity contribution in [1.29, 1.82) is 0 Å². The van der Waals surface area contributed by atoms with E-state index in [4.69, 9.17) is 0 Å². The van der Waals surface area contributed by atoms with E-state index >= 15 is 0 Å². The van der Waals surface area contributed by atoms with Crippen LogP contribution in [0, 0.1) is 0 Å². The van der Waals surface area contributed by atoms with Gasteiger partial charge in [-0.15, -0.1) is 11.8 Å². The summed E-state index contributed by atoms with van der Waals surface area (Å²) in [4.78, 5) is 0. The van der Waals surface area contributed by atoms with E-state index in [1.807, 2.05) is 34.0 Å². The van der Waals surface area contributed by atoms with E-state index in [2.05, 4.69) is 10.9 Å². The van der Waals surface area contributed by atoms with Crippen molar-refractivity contribution in [2.24, 2.45) is 10.9 Å². The lowest BCUT2D eigenvalue weighted by Gasteiger charge is -1.66. The molecule has 0 aliphatic carbocycles. The summed E-state index contributed by atoms with van der Waals surface area (Å²) in [6, 6.07) is 0. The lowest BCUT2D eigenvalue weighted by atomic mass is 11.0. The van der Waals surface area contributed by atoms with Gasteiger partial charge < -0.3 is 5.84 Å². The van der Waals surface area contributed by atoms with Gasteiger partial charge in [-0.25, -0.2) is 0 Å². The summed E-state index contributed by atoms with van der Waals surface area (Å²) >= 11 is 1.48. The Morgan fingerprint density at radius 2 is 1.56 bits per heavy atom. The highest BCUT2D eigenvalue weighted by Crippen LogP contribution is 1.77. The summed E-state index contributed by atoms with van der Waals surface area (Å²) in [5.41, 5.74) is 1.57. The van der Waals surface area contributed by atoms with Gasteiger partial charge in [0.25, 0.3) is 0 Å². The van der Waals surface area contributed by atoms with Gasteiger partial charge in [0.05, 0.1) is 5.55 Å². The average molecular weight is 150 g/mol. The largest absolute Gasteiger partial charge is 0.323 e. The number of nitrogens with zero attached hydrogens (tertiary/aromatic N) is 1. The minimum absolute atomic E-state index is 1.48. The molecular formula is C6H18N2S. The van der Waals surface area contributed by atoms with Gasteiger partial charge in [0, 0.05) is 0 Å². The second-order valence-electron chi connectivity index (χ2n) is 0.490. The zero-order valence-corrected chi connectivity index (χ0v) is 7.83. The van der Waals surface area contributed by atoms with E-state index in [-0.39, 0.29) is 0 Å². The molecule has 0 unspecified atom stereocenters. The maximum atomic E-state index is 4.69. The fourth-order valence-corrected chi connectivity index (χ4v) is 0.183. The first-order chi connectivity index (χ1) is 4.41. The number of nitrogens with two attached hydrogens (primary N) is 1. The predicted molar refractivity (Wildman–Crippen MR) is 48.9 cm³/mol. The monoisotopic (exact) mass is 150 g/mol. The summed E-state index contributed by atoms with van der Waals surface area (Å²) in [6.45, 7) is 8.00. The summed E-state index contributed by atoms with van der Waals surface area (Å²) < 4.78 is 0. The third kappa shape index (κ3) is 80.0. The van der Waals surface area contributed by atoms with Crippen molar-refractivity contribution in [3.05, 3.63) is 0 Å². The van der Waals surface area contributed by atoms with Crippen molar-refractivity contribution < 1.29 is 0 Å². The van der Waals surface area contributed by atoms with Gasteiger partial charge in [0.1, 0.15) is 0 Å². The molecule has 0 saturated carbocycles. The van der Waals surface area contributed by atoms with E-state index in [9.17, 15) is 0 Å². The van der Waals surface area contributed by atoms with Crippen LogP contribution in [0.3, 0.4) is 0 Å². The van der Waals surface area contributed by atoms with E-state index < -0.39 is 0 Å². The molecule has 0 bridgehead atoms. The molecule has 9 heavy (non-hydrogen) atoms. The van der Waals surface area contributed by atoms with Gasteiger partial charge in [-0.3, -0.25) is 0 Å². The molecule has 0 spiro atoms. The Hall–Kier alpha value is -0.180. The number of hydrogen-bond acceptors (Lipinski definition) is 3. The van der Waals surface area contributed by atoms with Gasteiger partial charge in [-0.1, -0.05) is 27.7 Å². The van der Waals surface area contributed by atoms with Gasteiger partial charge in [-0.2, -0.15) is 5.10 Å². The minimum atomic E-state index is 1.48. The highest BCUT2D eigenvalue weighted by Gasteiger charge is 1.52. The number of hydrazone groups is 1. The SMILES string of the molecule is CC.CC.CS/C=N\N. The molecule has 0 radical (unpaired) electrons. The van der Waals surface area contributed by atoms with Crippen molar-refractivity contribution in [1.82, 2.24) is 0 Å². The van der Waals surface area contributed by atoms with Crippen LogP contribution in [0.1, 0.15) is 27.7 Å². The zero-order valence-electron chi connectivity index (χ0n) is 7.01. The molecule has 0 aliphatic rings. The highest BCUT2D eigenvalue weighted by molar-refractivity contribution is 8.11. The average Bonchev–Trinajstić information content (AvgIpc) is 1.98. The number of thioether (sulfide) groups is 1. The predicted octanol–water partition coefficient (Wildman–Crippen LogP) is 2.30. The lowest BCUT2D eigenvalue weighted by Crippen LogP contribution is -1.75. The molecule has 0 aromatic carbocycles. The van der Waals surface area contributed by atoms with Gasteiger partial charge in [-0.05, 0) is 6.26 Å². The summed E-state index contributed by atoms with van der Waals surface area (Å²) in [7, 11) is 0. The van der Waals surface area contributed by atoms with Crippen LogP contribution in [0.25, 0.3) is 0 Å². The van der Waals surface area contributed by atoms with Crippen LogP contribution in [0.4, 0.5) is 0 Å². The fourth-order valence-electron chi connectivity index (χ4n) is 0.0609. The van der Waals surface area contributed by atoms with Crippen LogP contribution in [-0.2, 0) is 0 Å². The molecule has 0 fully saturated rings. The lowest BCUT2D eigenvalue weighted by molar-refractivity contribution is 1.27. The third-order valence-electron chi connectivity index (χ3n) is 0.166. The number of hydrogen-bond donors (Lipinski definition) is 1. The second kappa shape index (κ2) is 45.7. The van der Waals surface area contributed by atoms with Crippen molar-refractivity contribution >= 4 is 17.3 Å². The Bertz CT molecular complexity index is 38.0. The topological polar surface area (TPSA) is 38.4 Å². The maximum Gasteiger partial charge on any atom is 0.0792 e. The molecule has 3 heteroatoms. The fraction of sp³-hybridized carbons (Fsp3) is 0.833. The van der Waals surface area contributed by atoms with Crippen LogP contribution in [0.2, 0.25) is 0 Å². The van der Waals surface area contributed by atoms with Crippen molar-refractivity contribution in [2.45, 2.75) is 27.7 Å². The molecule has 0 aromatic heterocycles. The third-order valence-corrected chi connectivity index (χ3v) is 0.499. The maximum absolute atomic E-state index is 4.69. The van der Waals surface area contributed by atoms with Crippen molar-refractivity contribution in [3.63, 3.8) is 0 Å². The Kier molecular flexibility index (Phi) is 80.9. The first-order valence-corrected chi connectivity index (χ1v) is 4.45. The summed E-state index contributed by atoms with van der Waals surface area (Å²) in [6.07, 6.45) is 1.90. The molecule has 2 nitrogen and oxygen atoms in total. The van der Waals surface area contributed by atoms with Crippen LogP contribution >= 0.6 is 11.8 Å². The summed E-state index contributed by atoms with van der Waals surface area (Å²) in [5, 5.41) is 3.19. The molecule has 0 heterocycles. The molecule has 58 valence electrons. The Morgan fingerprint density at radius 3 is 1.56 bits per heavy atom. The van der Waals surface area contributed by atoms with Crippen LogP contribution < -0.4 is 5.84 Å². The quantitative estimate of drug-likeness (QED) is 0.269. The van der Waals surface area contributed by atoms with Gasteiger partial charge in [0.2, 0.25) is 0 Å². The van der Waals surface area contributed by atoms with Crippen LogP contribution in [0.5, 0.6) is 0 Å². The van der Waals surface area contributed by atoms with Gasteiger partial charge >= 0.3 is 0 Å². The molecule has 0 rings (SSSR count). The first-order valence-electron chi connectivity index (χ1n) is 3.16. The number of rotatable bonds is 1. The molecule has 0 saturated heterocycles. The van der Waals surface area contributed by atoms with Crippen LogP contribution in [0.15, 0.2) is 5.10 Å². The van der Waals surface area contributed by atoms with Crippen molar-refractivity contribution in [3.8, 4) is 0 Å². The van der Waals surface area contributed by atoms with E-state index in [1.165, 1.54) is 11.8 Å². The highest BCUT2D eigenvalue weighted by atomic mass is 32.2. The Balaban J connectivity index is -0.0000000771. The molecule has 0 amide bonds. The second-order valence-corrected chi connectivity index (χ2v) is 1.17. The Labute approximate surface area is 62.9 Å². The van der Waals surface area contributed by atoms with E-state index in [0.29, 0.717) is 0 Å². The van der Waals surface area contributed by atoms with Crippen molar-refractivity contribution in [2.75, 3.05) is 6.26 Å². The molecular weight excluding hydrogens is 132 g/mol. The van der Waals surface area contributed by atoms with Gasteiger partial charge in [0.15, 0.2) is 0 Å². The Morgan fingerprint density at radius 1 is 1.22 bits per heavy atom. The van der Waals surface area contributed by atoms with E-state index in [0.717, 1.165) is 0 Å². The standard InChI is InChI=1S/C2H6N2S.2C2H6/c1-5-2-4-3;2*1-2/h2H,3H2,1H3;2*1-2H3/b4-2-;;. The summed E-state index contributed by atoms with van der Waals surface area (Å²) in [5.74, 6) is 4.69. The molecule has 0 aliphatic heterocycles. The zero-order chi connectivity index (χ0) is 8.12. The molecule has 2 N–H and O–H groups in total. The first kappa shape index (κ1) is 15.9. The normalized spacial score (nSPS) is 6.78. The molecule has 0 aromatic rings. The minimum Gasteiger partial charge on any atom is -0.323 e. The van der Waals surface area contributed by atoms with E-state index in [1.54, 1.807) is 5.55 Å².